The third-order valence-corrected chi connectivity index (χ3v) is 5.79. The fraction of sp³-hybridized carbons (Fsp3) is 0.261. The lowest BCUT2D eigenvalue weighted by molar-refractivity contribution is 0.684. The van der Waals surface area contributed by atoms with Crippen molar-refractivity contribution < 1.29 is 0 Å². The van der Waals surface area contributed by atoms with Gasteiger partial charge in [0.15, 0.2) is 11.5 Å². The normalized spacial score (nSPS) is 13.5. The molecule has 0 saturated heterocycles. The summed E-state index contributed by atoms with van der Waals surface area (Å²) < 4.78 is 1.42. The molecule has 0 bridgehead atoms. The van der Waals surface area contributed by atoms with Crippen LogP contribution in [0.15, 0.2) is 47.7 Å². The summed E-state index contributed by atoms with van der Waals surface area (Å²) in [6.07, 6.45) is 6.38. The lowest BCUT2D eigenvalue weighted by Gasteiger charge is -2.31. The summed E-state index contributed by atoms with van der Waals surface area (Å²) in [4.78, 5) is 28.2. The molecule has 30 heavy (non-hydrogen) atoms. The fourth-order valence-corrected chi connectivity index (χ4v) is 4.03. The molecule has 0 atom stereocenters. The lowest BCUT2D eigenvalue weighted by atomic mass is 10.0. The Balaban J connectivity index is 1.57. The molecular weight excluding hydrogens is 376 g/mol. The first-order valence-electron chi connectivity index (χ1n) is 10.0. The highest BCUT2D eigenvalue weighted by atomic mass is 16.1. The highest BCUT2D eigenvalue weighted by Crippen LogP contribution is 2.29. The van der Waals surface area contributed by atoms with Crippen molar-refractivity contribution in [3.05, 3.63) is 81.3 Å². The van der Waals surface area contributed by atoms with Gasteiger partial charge >= 0.3 is 0 Å². The Morgan fingerprint density at radius 3 is 2.70 bits per heavy atom. The van der Waals surface area contributed by atoms with E-state index in [1.54, 1.807) is 6.20 Å². The Kier molecular flexibility index (Phi) is 4.31. The van der Waals surface area contributed by atoms with Gasteiger partial charge in [0.25, 0.3) is 5.56 Å². The van der Waals surface area contributed by atoms with Crippen molar-refractivity contribution in [1.29, 1.82) is 0 Å². The number of rotatable bonds is 2. The standard InChI is InChI=1S/C23H22N6O/c1-14-9-21(30)29-22(26-14)15(2)16(3)23(27-29)28-8-6-20-19(13-28)10-18(12-25-20)17-5-4-7-24-11-17/h4-5,7,9-12H,6,8,13H2,1-3H3. The molecule has 7 nitrogen and oxygen atoms in total. The zero-order valence-corrected chi connectivity index (χ0v) is 17.3. The molecule has 0 N–H and O–H groups in total. The predicted octanol–water partition coefficient (Wildman–Crippen LogP) is 3.03. The van der Waals surface area contributed by atoms with Crippen molar-refractivity contribution in [2.75, 3.05) is 11.4 Å². The van der Waals surface area contributed by atoms with Gasteiger partial charge in [-0.1, -0.05) is 6.07 Å². The molecule has 0 spiro atoms. The van der Waals surface area contributed by atoms with E-state index in [-0.39, 0.29) is 5.56 Å². The van der Waals surface area contributed by atoms with Gasteiger partial charge in [0, 0.05) is 77.8 Å². The number of pyridine rings is 2. The molecule has 0 unspecified atom stereocenters. The van der Waals surface area contributed by atoms with Crippen LogP contribution in [0, 0.1) is 20.8 Å². The summed E-state index contributed by atoms with van der Waals surface area (Å²) in [6.45, 7) is 7.38. The van der Waals surface area contributed by atoms with Crippen LogP contribution in [0.4, 0.5) is 5.82 Å². The van der Waals surface area contributed by atoms with E-state index in [0.29, 0.717) is 17.9 Å². The zero-order chi connectivity index (χ0) is 20.8. The number of hydrogen-bond acceptors (Lipinski definition) is 6. The number of anilines is 1. The SMILES string of the molecule is Cc1cc(=O)n2nc(N3CCc4ncc(-c5cccnc5)cc4C3)c(C)c(C)c2n1. The highest BCUT2D eigenvalue weighted by Gasteiger charge is 2.23. The summed E-state index contributed by atoms with van der Waals surface area (Å²) in [5.41, 5.74) is 7.60. The number of aryl methyl sites for hydroxylation is 2. The van der Waals surface area contributed by atoms with Crippen molar-refractivity contribution in [3.8, 4) is 11.1 Å². The molecule has 4 aromatic rings. The van der Waals surface area contributed by atoms with E-state index in [9.17, 15) is 4.79 Å². The molecule has 1 aliphatic rings. The number of nitrogens with zero attached hydrogens (tertiary/aromatic N) is 6. The maximum atomic E-state index is 12.5. The maximum Gasteiger partial charge on any atom is 0.274 e. The summed E-state index contributed by atoms with van der Waals surface area (Å²) in [7, 11) is 0. The van der Waals surface area contributed by atoms with Gasteiger partial charge in [0.2, 0.25) is 0 Å². The molecule has 0 aromatic carbocycles. The first-order valence-corrected chi connectivity index (χ1v) is 10.0. The van der Waals surface area contributed by atoms with E-state index >= 15 is 0 Å². The summed E-state index contributed by atoms with van der Waals surface area (Å²) in [5, 5.41) is 4.69. The van der Waals surface area contributed by atoms with Gasteiger partial charge in [-0.15, -0.1) is 5.10 Å². The van der Waals surface area contributed by atoms with Crippen molar-refractivity contribution in [2.24, 2.45) is 0 Å². The molecular formula is C23H22N6O. The third kappa shape index (κ3) is 3.03. The van der Waals surface area contributed by atoms with Crippen molar-refractivity contribution in [1.82, 2.24) is 24.6 Å². The molecule has 1 aliphatic heterocycles. The smallest absolute Gasteiger partial charge is 0.274 e. The van der Waals surface area contributed by atoms with Crippen LogP contribution in [0.2, 0.25) is 0 Å². The maximum absolute atomic E-state index is 12.5. The second kappa shape index (κ2) is 7.02. The van der Waals surface area contributed by atoms with Crippen molar-refractivity contribution in [2.45, 2.75) is 33.7 Å². The zero-order valence-electron chi connectivity index (χ0n) is 17.3. The highest BCUT2D eigenvalue weighted by molar-refractivity contribution is 5.64. The molecule has 5 rings (SSSR count). The van der Waals surface area contributed by atoms with Crippen LogP contribution in [0.25, 0.3) is 16.8 Å². The van der Waals surface area contributed by atoms with Gasteiger partial charge in [-0.3, -0.25) is 14.8 Å². The van der Waals surface area contributed by atoms with Crippen LogP contribution in [0.1, 0.15) is 28.1 Å². The first kappa shape index (κ1) is 18.4. The predicted molar refractivity (Wildman–Crippen MR) is 116 cm³/mol. The van der Waals surface area contributed by atoms with E-state index in [0.717, 1.165) is 46.7 Å². The van der Waals surface area contributed by atoms with E-state index in [2.05, 4.69) is 20.9 Å². The van der Waals surface area contributed by atoms with E-state index in [1.807, 2.05) is 45.3 Å². The molecule has 0 fully saturated rings. The van der Waals surface area contributed by atoms with Crippen LogP contribution in [0.5, 0.6) is 0 Å². The van der Waals surface area contributed by atoms with Gasteiger partial charge in [-0.05, 0) is 38.5 Å². The Hall–Kier alpha value is -3.61. The molecule has 0 radical (unpaired) electrons. The van der Waals surface area contributed by atoms with Gasteiger partial charge in [0.1, 0.15) is 0 Å². The Morgan fingerprint density at radius 1 is 1.03 bits per heavy atom. The molecule has 0 aliphatic carbocycles. The number of aromatic nitrogens is 5. The fourth-order valence-electron chi connectivity index (χ4n) is 4.03. The molecule has 5 heterocycles. The van der Waals surface area contributed by atoms with E-state index < -0.39 is 0 Å². The second-order valence-corrected chi connectivity index (χ2v) is 7.79. The second-order valence-electron chi connectivity index (χ2n) is 7.79. The molecule has 0 saturated carbocycles. The van der Waals surface area contributed by atoms with Gasteiger partial charge in [0.05, 0.1) is 0 Å². The quantitative estimate of drug-likeness (QED) is 0.517. The van der Waals surface area contributed by atoms with Crippen LogP contribution in [-0.4, -0.2) is 31.1 Å². The first-order chi connectivity index (χ1) is 14.5. The van der Waals surface area contributed by atoms with Gasteiger partial charge in [-0.2, -0.15) is 4.52 Å². The minimum atomic E-state index is -0.153. The van der Waals surface area contributed by atoms with Crippen molar-refractivity contribution in [3.63, 3.8) is 0 Å². The van der Waals surface area contributed by atoms with Crippen molar-refractivity contribution >= 4 is 11.5 Å². The molecule has 0 amide bonds. The third-order valence-electron chi connectivity index (χ3n) is 5.79. The summed E-state index contributed by atoms with van der Waals surface area (Å²) in [5.74, 6) is 0.824. The molecule has 7 heteroatoms. The average molecular weight is 398 g/mol. The van der Waals surface area contributed by atoms with Gasteiger partial charge in [-0.25, -0.2) is 4.98 Å². The minimum Gasteiger partial charge on any atom is -0.350 e. The summed E-state index contributed by atoms with van der Waals surface area (Å²) >= 11 is 0. The van der Waals surface area contributed by atoms with Crippen LogP contribution < -0.4 is 10.5 Å². The van der Waals surface area contributed by atoms with E-state index in [1.165, 1.54) is 16.1 Å². The number of fused-ring (bicyclic) bond motifs is 2. The molecule has 150 valence electrons. The van der Waals surface area contributed by atoms with E-state index in [4.69, 9.17) is 10.1 Å². The topological polar surface area (TPSA) is 76.3 Å². The Labute approximate surface area is 174 Å². The summed E-state index contributed by atoms with van der Waals surface area (Å²) in [6, 6.07) is 7.68. The average Bonchev–Trinajstić information content (AvgIpc) is 2.76. The monoisotopic (exact) mass is 398 g/mol. The van der Waals surface area contributed by atoms with Crippen LogP contribution in [-0.2, 0) is 13.0 Å². The Bertz CT molecular complexity index is 1330. The minimum absolute atomic E-state index is 0.153. The largest absolute Gasteiger partial charge is 0.350 e. The van der Waals surface area contributed by atoms with Crippen LogP contribution >= 0.6 is 0 Å². The lowest BCUT2D eigenvalue weighted by Crippen LogP contribution is -2.34. The van der Waals surface area contributed by atoms with Gasteiger partial charge < -0.3 is 4.90 Å². The Morgan fingerprint density at radius 2 is 1.90 bits per heavy atom. The van der Waals surface area contributed by atoms with Crippen LogP contribution in [0.3, 0.4) is 0 Å². The number of hydrogen-bond donors (Lipinski definition) is 0. The molecule has 4 aromatic heterocycles.